The lowest BCUT2D eigenvalue weighted by Crippen LogP contribution is -2.08. The Labute approximate surface area is 232 Å². The first kappa shape index (κ1) is 31.8. The summed E-state index contributed by atoms with van der Waals surface area (Å²) in [5, 5.41) is 0. The van der Waals surface area contributed by atoms with Crippen LogP contribution >= 0.6 is 0 Å². The highest BCUT2D eigenvalue weighted by atomic mass is 16.5. The van der Waals surface area contributed by atoms with Crippen LogP contribution in [0.5, 0.6) is 11.5 Å². The number of benzene rings is 1. The summed E-state index contributed by atoms with van der Waals surface area (Å²) in [4.78, 5) is 20.9. The predicted octanol–water partition coefficient (Wildman–Crippen LogP) is 9.88. The third-order valence-electron chi connectivity index (χ3n) is 6.97. The zero-order valence-corrected chi connectivity index (χ0v) is 24.2. The van der Waals surface area contributed by atoms with Crippen LogP contribution in [0.1, 0.15) is 136 Å². The number of hydrogen-bond acceptors (Lipinski definition) is 5. The molecule has 212 valence electrons. The molecular weight excluding hydrogens is 472 g/mol. The zero-order chi connectivity index (χ0) is 27.1. The lowest BCUT2D eigenvalue weighted by molar-refractivity contribution is -0.134. The molecular formula is C33H52N2O3. The molecule has 0 atom stereocenters. The van der Waals surface area contributed by atoms with Crippen molar-refractivity contribution in [3.05, 3.63) is 36.7 Å². The van der Waals surface area contributed by atoms with Gasteiger partial charge in [0.1, 0.15) is 5.75 Å². The standard InChI is InChI=1S/C33H52N2O3/c1-3-5-7-9-11-13-14-16-18-20-26-37-30-24-22-29(23-25-30)33-34-27-31(28-35-33)38-32(36)21-19-17-15-12-10-8-6-4-2/h22-25,27-28H,3-21,26H2,1-2H3. The van der Waals surface area contributed by atoms with Gasteiger partial charge in [-0.1, -0.05) is 117 Å². The maximum atomic E-state index is 12.1. The van der Waals surface area contributed by atoms with Crippen molar-refractivity contribution in [1.82, 2.24) is 9.97 Å². The number of esters is 1. The number of unbranched alkanes of at least 4 members (excludes halogenated alkanes) is 16. The molecule has 1 aromatic heterocycles. The topological polar surface area (TPSA) is 61.3 Å². The minimum absolute atomic E-state index is 0.212. The van der Waals surface area contributed by atoms with Crippen LogP contribution in [0.2, 0.25) is 0 Å². The number of nitrogens with zero attached hydrogens (tertiary/aromatic N) is 2. The van der Waals surface area contributed by atoms with Crippen molar-refractivity contribution in [3.63, 3.8) is 0 Å². The van der Waals surface area contributed by atoms with Crippen LogP contribution in [0.4, 0.5) is 0 Å². The highest BCUT2D eigenvalue weighted by Gasteiger charge is 2.08. The van der Waals surface area contributed by atoms with E-state index in [1.165, 1.54) is 96.3 Å². The highest BCUT2D eigenvalue weighted by molar-refractivity contribution is 5.72. The number of carbonyl (C=O) groups excluding carboxylic acids is 1. The quantitative estimate of drug-likeness (QED) is 0.107. The second-order valence-electron chi connectivity index (χ2n) is 10.5. The van der Waals surface area contributed by atoms with Gasteiger partial charge in [-0.2, -0.15) is 0 Å². The predicted molar refractivity (Wildman–Crippen MR) is 158 cm³/mol. The molecule has 0 N–H and O–H groups in total. The highest BCUT2D eigenvalue weighted by Crippen LogP contribution is 2.21. The Kier molecular flexibility index (Phi) is 18.0. The maximum Gasteiger partial charge on any atom is 0.311 e. The fourth-order valence-electron chi connectivity index (χ4n) is 4.58. The fraction of sp³-hybridized carbons (Fsp3) is 0.667. The van der Waals surface area contributed by atoms with Gasteiger partial charge in [-0.3, -0.25) is 4.79 Å². The molecule has 0 spiro atoms. The Bertz CT molecular complexity index is 836. The summed E-state index contributed by atoms with van der Waals surface area (Å²) in [6.07, 6.45) is 26.5. The first-order chi connectivity index (χ1) is 18.7. The molecule has 1 heterocycles. The van der Waals surface area contributed by atoms with Crippen LogP contribution in [-0.4, -0.2) is 22.5 Å². The molecule has 0 fully saturated rings. The van der Waals surface area contributed by atoms with Crippen molar-refractivity contribution < 1.29 is 14.3 Å². The Morgan fingerprint density at radius 3 is 1.61 bits per heavy atom. The molecule has 1 aromatic carbocycles. The van der Waals surface area contributed by atoms with E-state index in [-0.39, 0.29) is 5.97 Å². The second-order valence-corrected chi connectivity index (χ2v) is 10.5. The third-order valence-corrected chi connectivity index (χ3v) is 6.97. The Morgan fingerprint density at radius 1 is 0.605 bits per heavy atom. The molecule has 0 aliphatic carbocycles. The van der Waals surface area contributed by atoms with E-state index in [2.05, 4.69) is 23.8 Å². The van der Waals surface area contributed by atoms with E-state index in [9.17, 15) is 4.79 Å². The monoisotopic (exact) mass is 524 g/mol. The molecule has 0 unspecified atom stereocenters. The van der Waals surface area contributed by atoms with Crippen molar-refractivity contribution in [1.29, 1.82) is 0 Å². The van der Waals surface area contributed by atoms with Gasteiger partial charge in [0, 0.05) is 12.0 Å². The number of aromatic nitrogens is 2. The summed E-state index contributed by atoms with van der Waals surface area (Å²) in [5.41, 5.74) is 0.910. The van der Waals surface area contributed by atoms with Gasteiger partial charge in [-0.15, -0.1) is 0 Å². The number of hydrogen-bond donors (Lipinski definition) is 0. The van der Waals surface area contributed by atoms with Gasteiger partial charge >= 0.3 is 5.97 Å². The van der Waals surface area contributed by atoms with Gasteiger partial charge in [-0.05, 0) is 37.1 Å². The molecule has 2 aromatic rings. The van der Waals surface area contributed by atoms with E-state index in [1.54, 1.807) is 12.4 Å². The Morgan fingerprint density at radius 2 is 1.08 bits per heavy atom. The molecule has 0 saturated heterocycles. The van der Waals surface area contributed by atoms with E-state index in [4.69, 9.17) is 9.47 Å². The number of rotatable bonds is 23. The summed E-state index contributed by atoms with van der Waals surface area (Å²) in [5.74, 6) is 1.66. The lowest BCUT2D eigenvalue weighted by Gasteiger charge is -2.08. The first-order valence-corrected chi connectivity index (χ1v) is 15.5. The van der Waals surface area contributed by atoms with Gasteiger partial charge < -0.3 is 9.47 Å². The van der Waals surface area contributed by atoms with Crippen LogP contribution < -0.4 is 9.47 Å². The second kappa shape index (κ2) is 21.5. The van der Waals surface area contributed by atoms with Crippen molar-refractivity contribution in [2.75, 3.05) is 6.61 Å². The SMILES string of the molecule is CCCCCCCCCCCCOc1ccc(-c2ncc(OC(=O)CCCCCCCCCC)cn2)cc1. The molecule has 0 aliphatic heterocycles. The van der Waals surface area contributed by atoms with Crippen molar-refractivity contribution in [2.24, 2.45) is 0 Å². The lowest BCUT2D eigenvalue weighted by atomic mass is 10.1. The van der Waals surface area contributed by atoms with E-state index in [1.807, 2.05) is 24.3 Å². The zero-order valence-electron chi connectivity index (χ0n) is 24.2. The number of carbonyl (C=O) groups is 1. The van der Waals surface area contributed by atoms with Crippen molar-refractivity contribution >= 4 is 5.97 Å². The third kappa shape index (κ3) is 15.1. The van der Waals surface area contributed by atoms with Crippen LogP contribution in [0.15, 0.2) is 36.7 Å². The molecule has 0 amide bonds. The Hall–Kier alpha value is -2.43. The summed E-state index contributed by atoms with van der Waals surface area (Å²) < 4.78 is 11.3. The molecule has 0 aliphatic rings. The largest absolute Gasteiger partial charge is 0.494 e. The van der Waals surface area contributed by atoms with Crippen LogP contribution in [-0.2, 0) is 4.79 Å². The van der Waals surface area contributed by atoms with Gasteiger partial charge in [0.2, 0.25) is 0 Å². The average Bonchev–Trinajstić information content (AvgIpc) is 2.94. The minimum atomic E-state index is -0.212. The minimum Gasteiger partial charge on any atom is -0.494 e. The molecule has 2 rings (SSSR count). The van der Waals surface area contributed by atoms with Crippen molar-refractivity contribution in [2.45, 2.75) is 136 Å². The summed E-state index contributed by atoms with van der Waals surface area (Å²) in [7, 11) is 0. The Balaban J connectivity index is 1.57. The molecule has 0 bridgehead atoms. The fourth-order valence-corrected chi connectivity index (χ4v) is 4.58. The first-order valence-electron chi connectivity index (χ1n) is 15.5. The van der Waals surface area contributed by atoms with E-state index >= 15 is 0 Å². The van der Waals surface area contributed by atoms with Gasteiger partial charge in [0.25, 0.3) is 0 Å². The summed E-state index contributed by atoms with van der Waals surface area (Å²) >= 11 is 0. The molecule has 5 heteroatoms. The van der Waals surface area contributed by atoms with Gasteiger partial charge in [-0.25, -0.2) is 9.97 Å². The summed E-state index contributed by atoms with van der Waals surface area (Å²) in [6, 6.07) is 7.87. The van der Waals surface area contributed by atoms with Gasteiger partial charge in [0.15, 0.2) is 11.6 Å². The van der Waals surface area contributed by atoms with Crippen LogP contribution in [0, 0.1) is 0 Å². The van der Waals surface area contributed by atoms with Crippen molar-refractivity contribution in [3.8, 4) is 22.9 Å². The molecule has 0 radical (unpaired) electrons. The molecule has 38 heavy (non-hydrogen) atoms. The van der Waals surface area contributed by atoms with E-state index in [0.29, 0.717) is 18.0 Å². The smallest absolute Gasteiger partial charge is 0.311 e. The maximum absolute atomic E-state index is 12.1. The van der Waals surface area contributed by atoms with E-state index in [0.717, 1.165) is 37.2 Å². The average molecular weight is 525 g/mol. The van der Waals surface area contributed by atoms with Crippen LogP contribution in [0.3, 0.4) is 0 Å². The van der Waals surface area contributed by atoms with E-state index < -0.39 is 0 Å². The van der Waals surface area contributed by atoms with Gasteiger partial charge in [0.05, 0.1) is 19.0 Å². The van der Waals surface area contributed by atoms with Crippen LogP contribution in [0.25, 0.3) is 11.4 Å². The summed E-state index contributed by atoms with van der Waals surface area (Å²) in [6.45, 7) is 5.26. The molecule has 0 saturated carbocycles. The normalized spacial score (nSPS) is 11.0. The number of ether oxygens (including phenoxy) is 2. The molecule has 5 nitrogen and oxygen atoms in total.